The molecule has 1 atom stereocenters. The highest BCUT2D eigenvalue weighted by Gasteiger charge is 2.14. The van der Waals surface area contributed by atoms with E-state index in [2.05, 4.69) is 38.3 Å². The lowest BCUT2D eigenvalue weighted by Gasteiger charge is -2.18. The molecule has 108 valence electrons. The number of aryl methyl sites for hydroxylation is 1. The summed E-state index contributed by atoms with van der Waals surface area (Å²) in [4.78, 5) is 4.16. The second-order valence-corrected chi connectivity index (χ2v) is 5.51. The van der Waals surface area contributed by atoms with Crippen molar-refractivity contribution in [1.82, 2.24) is 15.5 Å². The molecule has 0 amide bonds. The number of phenolic OH excluding ortho intramolecular Hbond substituents is 1. The van der Waals surface area contributed by atoms with Gasteiger partial charge in [-0.15, -0.1) is 0 Å². The number of halogens is 1. The van der Waals surface area contributed by atoms with E-state index in [-0.39, 0.29) is 6.04 Å². The molecule has 2 N–H and O–H groups in total. The molecule has 5 nitrogen and oxygen atoms in total. The summed E-state index contributed by atoms with van der Waals surface area (Å²) in [6.07, 6.45) is 1.58. The van der Waals surface area contributed by atoms with E-state index in [9.17, 15) is 5.11 Å². The Hall–Kier alpha value is -1.40. The zero-order chi connectivity index (χ0) is 14.5. The Morgan fingerprint density at radius 3 is 2.90 bits per heavy atom. The first-order chi connectivity index (χ1) is 9.60. The lowest BCUT2D eigenvalue weighted by Crippen LogP contribution is -2.23. The molecule has 0 radical (unpaired) electrons. The maximum atomic E-state index is 9.96. The quantitative estimate of drug-likeness (QED) is 0.845. The average molecular weight is 340 g/mol. The van der Waals surface area contributed by atoms with Crippen molar-refractivity contribution in [3.05, 3.63) is 40.0 Å². The lowest BCUT2D eigenvalue weighted by atomic mass is 10.0. The van der Waals surface area contributed by atoms with Crippen LogP contribution in [0.2, 0.25) is 0 Å². The topological polar surface area (TPSA) is 71.2 Å². The monoisotopic (exact) mass is 339 g/mol. The number of nitrogens with zero attached hydrogens (tertiary/aromatic N) is 2. The summed E-state index contributed by atoms with van der Waals surface area (Å²) in [7, 11) is 0. The van der Waals surface area contributed by atoms with E-state index in [1.165, 1.54) is 0 Å². The molecule has 0 saturated carbocycles. The van der Waals surface area contributed by atoms with Crippen LogP contribution in [0.5, 0.6) is 5.75 Å². The van der Waals surface area contributed by atoms with Crippen LogP contribution < -0.4 is 5.32 Å². The van der Waals surface area contributed by atoms with Crippen molar-refractivity contribution in [2.75, 3.05) is 6.54 Å². The van der Waals surface area contributed by atoms with E-state index in [1.54, 1.807) is 13.0 Å². The second-order valence-electron chi connectivity index (χ2n) is 4.60. The molecule has 1 unspecified atom stereocenters. The summed E-state index contributed by atoms with van der Waals surface area (Å²) in [5.41, 5.74) is 0.895. The maximum absolute atomic E-state index is 9.96. The number of phenols is 1. The summed E-state index contributed by atoms with van der Waals surface area (Å²) in [6, 6.07) is 5.56. The molecule has 0 saturated heterocycles. The van der Waals surface area contributed by atoms with Gasteiger partial charge in [0, 0.05) is 36.0 Å². The highest BCUT2D eigenvalue weighted by atomic mass is 79.9. The maximum Gasteiger partial charge on any atom is 0.223 e. The highest BCUT2D eigenvalue weighted by molar-refractivity contribution is 9.10. The number of nitrogens with one attached hydrogen (secondary N) is 1. The summed E-state index contributed by atoms with van der Waals surface area (Å²) in [5.74, 6) is 1.59. The number of rotatable bonds is 6. The number of aromatic nitrogens is 2. The zero-order valence-corrected chi connectivity index (χ0v) is 13.1. The number of benzene rings is 1. The molecule has 2 aromatic rings. The minimum atomic E-state index is 0.0977. The SMILES string of the molecule is CCC(NCCc1noc(C)n1)c1cc(Br)ccc1O. The molecule has 1 heterocycles. The van der Waals surface area contributed by atoms with Gasteiger partial charge in [-0.2, -0.15) is 4.98 Å². The van der Waals surface area contributed by atoms with Crippen LogP contribution in [0.4, 0.5) is 0 Å². The molecule has 0 aliphatic heterocycles. The van der Waals surface area contributed by atoms with Gasteiger partial charge < -0.3 is 14.9 Å². The van der Waals surface area contributed by atoms with E-state index in [0.717, 1.165) is 23.0 Å². The van der Waals surface area contributed by atoms with Crippen LogP contribution in [0.3, 0.4) is 0 Å². The summed E-state index contributed by atoms with van der Waals surface area (Å²) >= 11 is 3.43. The number of hydrogen-bond donors (Lipinski definition) is 2. The van der Waals surface area contributed by atoms with Gasteiger partial charge in [-0.3, -0.25) is 0 Å². The van der Waals surface area contributed by atoms with Crippen LogP contribution in [-0.2, 0) is 6.42 Å². The molecule has 1 aromatic carbocycles. The smallest absolute Gasteiger partial charge is 0.223 e. The Bertz CT molecular complexity index is 571. The van der Waals surface area contributed by atoms with Crippen molar-refractivity contribution in [2.24, 2.45) is 0 Å². The standard InChI is InChI=1S/C14H18BrN3O2/c1-3-12(11-8-10(15)4-5-13(11)19)16-7-6-14-17-9(2)20-18-14/h4-5,8,12,16,19H,3,6-7H2,1-2H3. The minimum Gasteiger partial charge on any atom is -0.508 e. The molecule has 6 heteroatoms. The first kappa shape index (κ1) is 15.0. The predicted molar refractivity (Wildman–Crippen MR) is 79.6 cm³/mol. The number of hydrogen-bond acceptors (Lipinski definition) is 5. The Kier molecular flexibility index (Phi) is 5.14. The third kappa shape index (κ3) is 3.80. The fraction of sp³-hybridized carbons (Fsp3) is 0.429. The van der Waals surface area contributed by atoms with Gasteiger partial charge in [0.15, 0.2) is 5.82 Å². The number of aromatic hydroxyl groups is 1. The van der Waals surface area contributed by atoms with Crippen molar-refractivity contribution in [3.8, 4) is 5.75 Å². The predicted octanol–water partition coefficient (Wildman–Crippen LogP) is 3.13. The fourth-order valence-corrected chi connectivity index (χ4v) is 2.46. The molecule has 0 bridgehead atoms. The largest absolute Gasteiger partial charge is 0.508 e. The van der Waals surface area contributed by atoms with Crippen LogP contribution in [0.15, 0.2) is 27.2 Å². The van der Waals surface area contributed by atoms with Crippen LogP contribution in [-0.4, -0.2) is 21.8 Å². The van der Waals surface area contributed by atoms with E-state index >= 15 is 0 Å². The van der Waals surface area contributed by atoms with Gasteiger partial charge in [-0.1, -0.05) is 28.0 Å². The van der Waals surface area contributed by atoms with Gasteiger partial charge in [-0.25, -0.2) is 0 Å². The van der Waals surface area contributed by atoms with E-state index in [1.807, 2.05) is 12.1 Å². The zero-order valence-electron chi connectivity index (χ0n) is 11.6. The van der Waals surface area contributed by atoms with Gasteiger partial charge in [0.05, 0.1) is 0 Å². The second kappa shape index (κ2) is 6.85. The fourth-order valence-electron chi connectivity index (χ4n) is 2.08. The van der Waals surface area contributed by atoms with Gasteiger partial charge >= 0.3 is 0 Å². The van der Waals surface area contributed by atoms with Crippen LogP contribution in [0.25, 0.3) is 0 Å². The first-order valence-electron chi connectivity index (χ1n) is 6.61. The molecule has 0 aliphatic carbocycles. The molecule has 0 aliphatic rings. The van der Waals surface area contributed by atoms with Crippen molar-refractivity contribution in [1.29, 1.82) is 0 Å². The van der Waals surface area contributed by atoms with Crippen molar-refractivity contribution in [3.63, 3.8) is 0 Å². The highest BCUT2D eigenvalue weighted by Crippen LogP contribution is 2.29. The molecular weight excluding hydrogens is 322 g/mol. The van der Waals surface area contributed by atoms with Crippen LogP contribution in [0.1, 0.15) is 36.7 Å². The van der Waals surface area contributed by atoms with Crippen molar-refractivity contribution < 1.29 is 9.63 Å². The van der Waals surface area contributed by atoms with Gasteiger partial charge in [0.2, 0.25) is 5.89 Å². The van der Waals surface area contributed by atoms with Crippen LogP contribution in [0, 0.1) is 6.92 Å². The Labute approximate surface area is 126 Å². The van der Waals surface area contributed by atoms with Gasteiger partial charge in [-0.05, 0) is 24.6 Å². The summed E-state index contributed by atoms with van der Waals surface area (Å²) in [6.45, 7) is 4.58. The lowest BCUT2D eigenvalue weighted by molar-refractivity contribution is 0.385. The van der Waals surface area contributed by atoms with E-state index < -0.39 is 0 Å². The van der Waals surface area contributed by atoms with Crippen molar-refractivity contribution in [2.45, 2.75) is 32.7 Å². The molecule has 0 spiro atoms. The van der Waals surface area contributed by atoms with Crippen LogP contribution >= 0.6 is 15.9 Å². The Morgan fingerprint density at radius 1 is 1.45 bits per heavy atom. The van der Waals surface area contributed by atoms with Gasteiger partial charge in [0.25, 0.3) is 0 Å². The third-order valence-electron chi connectivity index (χ3n) is 3.08. The molecule has 1 aromatic heterocycles. The normalized spacial score (nSPS) is 12.6. The van der Waals surface area contributed by atoms with E-state index in [4.69, 9.17) is 4.52 Å². The van der Waals surface area contributed by atoms with Crippen molar-refractivity contribution >= 4 is 15.9 Å². The molecule has 2 rings (SSSR count). The van der Waals surface area contributed by atoms with Gasteiger partial charge in [0.1, 0.15) is 5.75 Å². The summed E-state index contributed by atoms with van der Waals surface area (Å²) < 4.78 is 5.89. The Balaban J connectivity index is 1.96. The minimum absolute atomic E-state index is 0.0977. The molecule has 0 fully saturated rings. The first-order valence-corrected chi connectivity index (χ1v) is 7.40. The van der Waals surface area contributed by atoms with E-state index in [0.29, 0.717) is 23.9 Å². The third-order valence-corrected chi connectivity index (χ3v) is 3.58. The Morgan fingerprint density at radius 2 is 2.25 bits per heavy atom. The molecule has 20 heavy (non-hydrogen) atoms. The average Bonchev–Trinajstić information content (AvgIpc) is 2.84. The summed E-state index contributed by atoms with van der Waals surface area (Å²) in [5, 5.41) is 17.2. The molecular formula is C14H18BrN3O2.